The molecular formula is C15H23N3O2. The molecule has 2 rings (SSSR count). The second-order valence-corrected chi connectivity index (χ2v) is 5.54. The molecule has 1 saturated heterocycles. The minimum atomic E-state index is -0.894. The summed E-state index contributed by atoms with van der Waals surface area (Å²) in [6.45, 7) is 6.64. The molecule has 1 N–H and O–H groups in total. The maximum Gasteiger partial charge on any atom is 0.407 e. The van der Waals surface area contributed by atoms with Crippen molar-refractivity contribution in [1.82, 2.24) is 9.80 Å². The van der Waals surface area contributed by atoms with Gasteiger partial charge < -0.3 is 19.8 Å². The maximum atomic E-state index is 10.9. The third-order valence-corrected chi connectivity index (χ3v) is 3.94. The number of hydrogen-bond acceptors (Lipinski definition) is 3. The van der Waals surface area contributed by atoms with Crippen LogP contribution in [0.3, 0.4) is 0 Å². The van der Waals surface area contributed by atoms with Gasteiger partial charge in [0.15, 0.2) is 0 Å². The van der Waals surface area contributed by atoms with Gasteiger partial charge in [-0.25, -0.2) is 4.79 Å². The summed E-state index contributed by atoms with van der Waals surface area (Å²) in [5, 5.41) is 8.99. The van der Waals surface area contributed by atoms with Crippen molar-refractivity contribution in [2.45, 2.75) is 13.5 Å². The number of amides is 1. The molecule has 1 aromatic carbocycles. The number of rotatable bonds is 3. The van der Waals surface area contributed by atoms with Crippen LogP contribution in [0.2, 0.25) is 0 Å². The molecule has 0 saturated carbocycles. The molecule has 0 bridgehead atoms. The third-order valence-electron chi connectivity index (χ3n) is 3.94. The zero-order valence-corrected chi connectivity index (χ0v) is 12.5. The van der Waals surface area contributed by atoms with E-state index in [-0.39, 0.29) is 0 Å². The highest BCUT2D eigenvalue weighted by atomic mass is 16.4. The number of carbonyl (C=O) groups is 1. The number of piperazine rings is 1. The topological polar surface area (TPSA) is 47.0 Å². The molecule has 1 heterocycles. The minimum Gasteiger partial charge on any atom is -0.465 e. The first-order chi connectivity index (χ1) is 9.47. The zero-order valence-electron chi connectivity index (χ0n) is 12.5. The normalized spacial score (nSPS) is 16.2. The number of anilines is 1. The second-order valence-electron chi connectivity index (χ2n) is 5.54. The smallest absolute Gasteiger partial charge is 0.407 e. The molecule has 1 amide bonds. The summed E-state index contributed by atoms with van der Waals surface area (Å²) in [6.07, 6.45) is -0.894. The lowest BCUT2D eigenvalue weighted by Gasteiger charge is -2.34. The maximum absolute atomic E-state index is 10.9. The molecule has 0 aliphatic carbocycles. The Morgan fingerprint density at radius 1 is 1.30 bits per heavy atom. The Kier molecular flexibility index (Phi) is 4.49. The van der Waals surface area contributed by atoms with E-state index in [1.54, 1.807) is 7.05 Å². The van der Waals surface area contributed by atoms with Crippen molar-refractivity contribution < 1.29 is 9.90 Å². The van der Waals surface area contributed by atoms with E-state index in [9.17, 15) is 4.79 Å². The Morgan fingerprint density at radius 2 is 1.95 bits per heavy atom. The molecule has 0 atom stereocenters. The molecule has 0 radical (unpaired) electrons. The van der Waals surface area contributed by atoms with Crippen LogP contribution in [-0.2, 0) is 6.54 Å². The second kappa shape index (κ2) is 6.13. The van der Waals surface area contributed by atoms with E-state index in [2.05, 4.69) is 35.0 Å². The van der Waals surface area contributed by atoms with Gasteiger partial charge >= 0.3 is 6.09 Å². The van der Waals surface area contributed by atoms with Crippen LogP contribution in [-0.4, -0.2) is 61.3 Å². The van der Waals surface area contributed by atoms with Crippen molar-refractivity contribution in [3.63, 3.8) is 0 Å². The average molecular weight is 277 g/mol. The van der Waals surface area contributed by atoms with E-state index < -0.39 is 6.09 Å². The summed E-state index contributed by atoms with van der Waals surface area (Å²) in [6, 6.07) is 6.34. The predicted molar refractivity (Wildman–Crippen MR) is 80.4 cm³/mol. The highest BCUT2D eigenvalue weighted by Crippen LogP contribution is 2.21. The Morgan fingerprint density at radius 3 is 2.55 bits per heavy atom. The van der Waals surface area contributed by atoms with Crippen molar-refractivity contribution in [3.8, 4) is 0 Å². The molecule has 1 aromatic rings. The first-order valence-corrected chi connectivity index (χ1v) is 6.94. The van der Waals surface area contributed by atoms with Crippen LogP contribution in [0.1, 0.15) is 11.1 Å². The molecule has 5 heteroatoms. The zero-order chi connectivity index (χ0) is 14.7. The summed E-state index contributed by atoms with van der Waals surface area (Å²) < 4.78 is 0. The van der Waals surface area contributed by atoms with Crippen molar-refractivity contribution in [2.24, 2.45) is 0 Å². The Balaban J connectivity index is 2.13. The van der Waals surface area contributed by atoms with Gasteiger partial charge in [-0.1, -0.05) is 6.07 Å². The number of likely N-dealkylation sites (N-methyl/N-ethyl adjacent to an activating group) is 1. The molecule has 0 unspecified atom stereocenters. The number of nitrogens with zero attached hydrogens (tertiary/aromatic N) is 3. The van der Waals surface area contributed by atoms with Gasteiger partial charge in [-0.3, -0.25) is 0 Å². The van der Waals surface area contributed by atoms with Gasteiger partial charge in [-0.05, 0) is 37.2 Å². The third kappa shape index (κ3) is 3.42. The summed E-state index contributed by atoms with van der Waals surface area (Å²) in [5.41, 5.74) is 3.40. The van der Waals surface area contributed by atoms with Gasteiger partial charge in [0.25, 0.3) is 0 Å². The SMILES string of the molecule is Cc1ccc(N2CCN(C)CC2)cc1CN(C)C(=O)O. The first kappa shape index (κ1) is 14.7. The number of benzene rings is 1. The fourth-order valence-electron chi connectivity index (χ4n) is 2.41. The van der Waals surface area contributed by atoms with Crippen molar-refractivity contribution >= 4 is 11.8 Å². The monoisotopic (exact) mass is 277 g/mol. The van der Waals surface area contributed by atoms with Crippen molar-refractivity contribution in [1.29, 1.82) is 0 Å². The average Bonchev–Trinajstić information content (AvgIpc) is 2.42. The van der Waals surface area contributed by atoms with E-state index in [0.717, 1.165) is 37.3 Å². The van der Waals surface area contributed by atoms with Gasteiger partial charge in [0.1, 0.15) is 0 Å². The molecular weight excluding hydrogens is 254 g/mol. The molecule has 20 heavy (non-hydrogen) atoms. The molecule has 0 aromatic heterocycles. The Bertz CT molecular complexity index is 482. The highest BCUT2D eigenvalue weighted by molar-refractivity contribution is 5.65. The quantitative estimate of drug-likeness (QED) is 0.916. The van der Waals surface area contributed by atoms with Gasteiger partial charge in [0.2, 0.25) is 0 Å². The highest BCUT2D eigenvalue weighted by Gasteiger charge is 2.16. The van der Waals surface area contributed by atoms with Crippen LogP contribution in [0.25, 0.3) is 0 Å². The van der Waals surface area contributed by atoms with E-state index in [1.807, 2.05) is 6.92 Å². The summed E-state index contributed by atoms with van der Waals surface area (Å²) in [5.74, 6) is 0. The predicted octanol–water partition coefficient (Wildman–Crippen LogP) is 1.86. The molecule has 0 spiro atoms. The van der Waals surface area contributed by atoms with E-state index >= 15 is 0 Å². The fraction of sp³-hybridized carbons (Fsp3) is 0.533. The van der Waals surface area contributed by atoms with Crippen LogP contribution < -0.4 is 4.90 Å². The van der Waals surface area contributed by atoms with Crippen molar-refractivity contribution in [2.75, 3.05) is 45.2 Å². The van der Waals surface area contributed by atoms with Gasteiger partial charge in [0.05, 0.1) is 0 Å². The van der Waals surface area contributed by atoms with Crippen LogP contribution in [0, 0.1) is 6.92 Å². The number of carboxylic acid groups (broad SMARTS) is 1. The Labute approximate surface area is 120 Å². The Hall–Kier alpha value is -1.75. The van der Waals surface area contributed by atoms with E-state index in [1.165, 1.54) is 10.6 Å². The largest absolute Gasteiger partial charge is 0.465 e. The lowest BCUT2D eigenvalue weighted by molar-refractivity contribution is 0.153. The molecule has 110 valence electrons. The molecule has 1 aliphatic rings. The minimum absolute atomic E-state index is 0.433. The lowest BCUT2D eigenvalue weighted by Crippen LogP contribution is -2.44. The standard InChI is InChI=1S/C15H23N3O2/c1-12-4-5-14(18-8-6-16(2)7-9-18)10-13(12)11-17(3)15(19)20/h4-5,10H,6-9,11H2,1-3H3,(H,19,20). The lowest BCUT2D eigenvalue weighted by atomic mass is 10.1. The van der Waals surface area contributed by atoms with Gasteiger partial charge in [0, 0.05) is 45.5 Å². The van der Waals surface area contributed by atoms with Crippen LogP contribution in [0.4, 0.5) is 10.5 Å². The van der Waals surface area contributed by atoms with Gasteiger partial charge in [-0.15, -0.1) is 0 Å². The van der Waals surface area contributed by atoms with Crippen LogP contribution in [0.5, 0.6) is 0 Å². The molecule has 5 nitrogen and oxygen atoms in total. The van der Waals surface area contributed by atoms with Gasteiger partial charge in [-0.2, -0.15) is 0 Å². The fourth-order valence-corrected chi connectivity index (χ4v) is 2.41. The summed E-state index contributed by atoms with van der Waals surface area (Å²) >= 11 is 0. The summed E-state index contributed by atoms with van der Waals surface area (Å²) in [4.78, 5) is 17.0. The number of hydrogen-bond donors (Lipinski definition) is 1. The molecule has 1 aliphatic heterocycles. The van der Waals surface area contributed by atoms with Crippen LogP contribution in [0.15, 0.2) is 18.2 Å². The van der Waals surface area contributed by atoms with E-state index in [0.29, 0.717) is 6.54 Å². The van der Waals surface area contributed by atoms with Crippen molar-refractivity contribution in [3.05, 3.63) is 29.3 Å². The van der Waals surface area contributed by atoms with E-state index in [4.69, 9.17) is 5.11 Å². The van der Waals surface area contributed by atoms with Crippen LogP contribution >= 0.6 is 0 Å². The number of aryl methyl sites for hydroxylation is 1. The molecule has 1 fully saturated rings. The summed E-state index contributed by atoms with van der Waals surface area (Å²) in [7, 11) is 3.74. The first-order valence-electron chi connectivity index (χ1n) is 6.94.